The summed E-state index contributed by atoms with van der Waals surface area (Å²) >= 11 is 0. The third-order valence-corrected chi connectivity index (χ3v) is 7.57. The molecule has 1 heterocycles. The molecule has 0 aromatic heterocycles. The number of nitrogens with one attached hydrogen (secondary N) is 1. The molecule has 0 saturated carbocycles. The van der Waals surface area contributed by atoms with Crippen LogP contribution < -0.4 is 11.2 Å². The molecule has 3 N–H and O–H groups in total. The number of hydrogen-bond acceptors (Lipinski definition) is 11. The molecule has 45 heavy (non-hydrogen) atoms. The summed E-state index contributed by atoms with van der Waals surface area (Å²) in [6.45, 7) is 20.8. The number of hydrazine groups is 1. The molecule has 1 rings (SSSR count). The van der Waals surface area contributed by atoms with Crippen LogP contribution in [-0.4, -0.2) is 154 Å². The number of esters is 1. The Morgan fingerprint density at radius 1 is 0.867 bits per heavy atom. The first-order valence-corrected chi connectivity index (χ1v) is 15.8. The van der Waals surface area contributed by atoms with Gasteiger partial charge >= 0.3 is 0 Å². The van der Waals surface area contributed by atoms with Crippen molar-refractivity contribution in [3.8, 4) is 0 Å². The van der Waals surface area contributed by atoms with Crippen LogP contribution in [0.4, 0.5) is 0 Å². The molecular formula is C31H60CuN7O6-. The van der Waals surface area contributed by atoms with Gasteiger partial charge < -0.3 is 24.5 Å². The Balaban J connectivity index is 0.0000194. The fraction of sp³-hybridized carbons (Fsp3) is 0.839. The summed E-state index contributed by atoms with van der Waals surface area (Å²) in [6.07, 6.45) is 0.476. The van der Waals surface area contributed by atoms with Crippen LogP contribution in [0.3, 0.4) is 0 Å². The van der Waals surface area contributed by atoms with E-state index >= 15 is 0 Å². The monoisotopic (exact) mass is 689 g/mol. The second kappa shape index (κ2) is 22.0. The number of ether oxygens (including phenoxy) is 2. The van der Waals surface area contributed by atoms with Gasteiger partial charge in [-0.1, -0.05) is 48.0 Å². The SMILES string of the molecule is CCN(C)CC(=O)O[CH-]CC(=O)CN(C)CCN(CC)CC(=O)NCC(C)(C)COCC(C)(C)CC(=O)N1CCN(N)CC1.[Cu]. The van der Waals surface area contributed by atoms with Crippen molar-refractivity contribution in [2.75, 3.05) is 106 Å². The third kappa shape index (κ3) is 20.3. The van der Waals surface area contributed by atoms with Crippen molar-refractivity contribution in [3.05, 3.63) is 6.61 Å². The Morgan fingerprint density at radius 3 is 2.09 bits per heavy atom. The van der Waals surface area contributed by atoms with Crippen LogP contribution in [0.2, 0.25) is 0 Å². The summed E-state index contributed by atoms with van der Waals surface area (Å²) in [5, 5.41) is 4.77. The van der Waals surface area contributed by atoms with Gasteiger partial charge in [-0.3, -0.25) is 34.9 Å². The van der Waals surface area contributed by atoms with Crippen molar-refractivity contribution in [2.45, 2.75) is 54.4 Å². The smallest absolute Gasteiger partial charge is 0.288 e. The molecule has 0 unspecified atom stereocenters. The van der Waals surface area contributed by atoms with Crippen LogP contribution in [0.15, 0.2) is 0 Å². The maximum Gasteiger partial charge on any atom is 0.288 e. The number of carbonyl (C=O) groups excluding carboxylic acids is 4. The number of rotatable bonds is 22. The van der Waals surface area contributed by atoms with Crippen LogP contribution in [0, 0.1) is 17.4 Å². The average Bonchev–Trinajstić information content (AvgIpc) is 2.93. The number of carbonyl (C=O) groups is 4. The van der Waals surface area contributed by atoms with Gasteiger partial charge in [0.15, 0.2) is 0 Å². The van der Waals surface area contributed by atoms with Gasteiger partial charge in [0, 0.05) is 74.7 Å². The third-order valence-electron chi connectivity index (χ3n) is 7.57. The fourth-order valence-corrected chi connectivity index (χ4v) is 4.50. The minimum Gasteiger partial charge on any atom is -0.636 e. The summed E-state index contributed by atoms with van der Waals surface area (Å²) in [5.74, 6) is 5.44. The fourth-order valence-electron chi connectivity index (χ4n) is 4.50. The molecule has 1 radical (unpaired) electrons. The number of ketones is 1. The Morgan fingerprint density at radius 2 is 1.49 bits per heavy atom. The number of amides is 2. The molecule has 267 valence electrons. The zero-order valence-electron chi connectivity index (χ0n) is 29.0. The quantitative estimate of drug-likeness (QED) is 0.0709. The minimum atomic E-state index is -0.381. The first-order valence-electron chi connectivity index (χ1n) is 15.8. The number of nitrogens with zero attached hydrogens (tertiary/aromatic N) is 5. The molecule has 14 heteroatoms. The summed E-state index contributed by atoms with van der Waals surface area (Å²) in [7, 11) is 3.68. The normalized spacial score (nSPS) is 14.5. The first kappa shape index (κ1) is 43.4. The predicted molar refractivity (Wildman–Crippen MR) is 171 cm³/mol. The Kier molecular flexibility index (Phi) is 21.2. The van der Waals surface area contributed by atoms with Gasteiger partial charge in [-0.25, -0.2) is 5.01 Å². The summed E-state index contributed by atoms with van der Waals surface area (Å²) in [4.78, 5) is 57.0. The molecule has 0 bridgehead atoms. The number of likely N-dealkylation sites (N-methyl/N-ethyl adjacent to an activating group) is 3. The van der Waals surface area contributed by atoms with Crippen molar-refractivity contribution < 1.29 is 45.7 Å². The first-order chi connectivity index (χ1) is 20.6. The van der Waals surface area contributed by atoms with Crippen LogP contribution in [-0.2, 0) is 45.7 Å². The van der Waals surface area contributed by atoms with Gasteiger partial charge in [-0.15, -0.1) is 0 Å². The van der Waals surface area contributed by atoms with Crippen LogP contribution in [0.25, 0.3) is 0 Å². The molecule has 1 aliphatic heterocycles. The van der Waals surface area contributed by atoms with E-state index in [-0.39, 0.29) is 77.5 Å². The van der Waals surface area contributed by atoms with Gasteiger partial charge in [-0.2, -0.15) is 6.61 Å². The number of nitrogens with two attached hydrogens (primary N) is 1. The molecule has 13 nitrogen and oxygen atoms in total. The maximum atomic E-state index is 12.7. The zero-order chi connectivity index (χ0) is 33.3. The van der Waals surface area contributed by atoms with Crippen molar-refractivity contribution in [1.29, 1.82) is 0 Å². The van der Waals surface area contributed by atoms with Crippen molar-refractivity contribution in [1.82, 2.24) is 29.9 Å². The van der Waals surface area contributed by atoms with Crippen molar-refractivity contribution in [3.63, 3.8) is 0 Å². The van der Waals surface area contributed by atoms with Crippen molar-refractivity contribution >= 4 is 23.6 Å². The second-order valence-corrected chi connectivity index (χ2v) is 13.5. The van der Waals surface area contributed by atoms with E-state index < -0.39 is 0 Å². The van der Waals surface area contributed by atoms with Crippen LogP contribution in [0.5, 0.6) is 0 Å². The van der Waals surface area contributed by atoms with E-state index in [0.717, 1.165) is 6.54 Å². The number of Topliss-reactive ketones (excluding diaryl/α,β-unsaturated/α-hetero) is 1. The molecule has 0 aromatic rings. The van der Waals surface area contributed by atoms with Gasteiger partial charge in [0.2, 0.25) is 11.8 Å². The second-order valence-electron chi connectivity index (χ2n) is 13.5. The molecule has 0 aromatic carbocycles. The summed E-state index contributed by atoms with van der Waals surface area (Å²) < 4.78 is 11.1. The molecular weight excluding hydrogens is 630 g/mol. The number of hydrogen-bond donors (Lipinski definition) is 2. The Hall–Kier alpha value is -1.64. The topological polar surface area (TPSA) is 141 Å². The Labute approximate surface area is 282 Å². The molecule has 1 aliphatic rings. The van der Waals surface area contributed by atoms with E-state index in [1.807, 2.05) is 75.2 Å². The molecule has 0 aliphatic carbocycles. The summed E-state index contributed by atoms with van der Waals surface area (Å²) in [5.41, 5.74) is -0.575. The van der Waals surface area contributed by atoms with Crippen LogP contribution >= 0.6 is 0 Å². The largest absolute Gasteiger partial charge is 0.636 e. The van der Waals surface area contributed by atoms with Gasteiger partial charge in [0.1, 0.15) is 5.78 Å². The van der Waals surface area contributed by atoms with Gasteiger partial charge in [-0.05, 0) is 32.6 Å². The molecule has 0 atom stereocenters. The van der Waals surface area contributed by atoms with E-state index in [1.165, 1.54) is 6.61 Å². The van der Waals surface area contributed by atoms with E-state index in [2.05, 4.69) is 5.32 Å². The van der Waals surface area contributed by atoms with E-state index in [9.17, 15) is 19.2 Å². The minimum absolute atomic E-state index is 0. The Bertz CT molecular complexity index is 900. The van der Waals surface area contributed by atoms with E-state index in [0.29, 0.717) is 72.0 Å². The molecule has 1 saturated heterocycles. The molecule has 0 spiro atoms. The van der Waals surface area contributed by atoms with E-state index in [4.69, 9.17) is 15.3 Å². The standard InChI is InChI=1S/C31H60N7O6.Cu/c1-9-34(7)22-29(42)44-18-11-26(39)20-35(8)12-13-36(10-2)21-27(40)33-23-31(5,6)25-43-24-30(3,4)19-28(41)37-14-16-38(32)17-15-37;/h18H,9-17,19-25,32H2,1-8H3,(H,33,40);/q-1;. The van der Waals surface area contributed by atoms with E-state index in [1.54, 1.807) is 5.01 Å². The van der Waals surface area contributed by atoms with Gasteiger partial charge in [0.25, 0.3) is 5.97 Å². The zero-order valence-corrected chi connectivity index (χ0v) is 29.9. The molecule has 1 fully saturated rings. The average molecular weight is 690 g/mol. The number of piperazine rings is 1. The maximum absolute atomic E-state index is 12.7. The molecule has 2 amide bonds. The van der Waals surface area contributed by atoms with Crippen LogP contribution in [0.1, 0.15) is 54.4 Å². The predicted octanol–water partition coefficient (Wildman–Crippen LogP) is 0.447. The van der Waals surface area contributed by atoms with Gasteiger partial charge in [0.05, 0.1) is 32.8 Å². The summed E-state index contributed by atoms with van der Waals surface area (Å²) in [6, 6.07) is 0. The van der Waals surface area contributed by atoms with Crippen molar-refractivity contribution in [2.24, 2.45) is 16.7 Å².